The van der Waals surface area contributed by atoms with Crippen molar-refractivity contribution in [3.05, 3.63) is 82.5 Å². The molecule has 0 aliphatic carbocycles. The first-order chi connectivity index (χ1) is 13.8. The molecule has 2 aromatic heterocycles. The number of aromatic nitrogens is 1. The molecule has 1 aliphatic heterocycles. The van der Waals surface area contributed by atoms with Crippen molar-refractivity contribution in [2.75, 3.05) is 4.90 Å². The lowest BCUT2D eigenvalue weighted by Crippen LogP contribution is -2.31. The van der Waals surface area contributed by atoms with Gasteiger partial charge in [-0.25, -0.2) is 4.98 Å². The van der Waals surface area contributed by atoms with Gasteiger partial charge < -0.3 is 9.52 Å². The molecule has 0 saturated carbocycles. The van der Waals surface area contributed by atoms with Crippen molar-refractivity contribution in [1.82, 2.24) is 4.98 Å². The lowest BCUT2D eigenvalue weighted by Gasteiger charge is -2.25. The van der Waals surface area contributed by atoms with Crippen LogP contribution in [0.1, 0.15) is 48.5 Å². The van der Waals surface area contributed by atoms with Crippen LogP contribution in [-0.4, -0.2) is 21.8 Å². The van der Waals surface area contributed by atoms with E-state index >= 15 is 0 Å². The van der Waals surface area contributed by atoms with Gasteiger partial charge >= 0.3 is 0 Å². The summed E-state index contributed by atoms with van der Waals surface area (Å²) in [5.74, 6) is -1.69. The van der Waals surface area contributed by atoms with E-state index in [0.29, 0.717) is 10.7 Å². The largest absolute Gasteiger partial charge is 0.503 e. The molecule has 6 nitrogen and oxygen atoms in total. The number of ketones is 1. The highest BCUT2D eigenvalue weighted by molar-refractivity contribution is 7.13. The predicted molar refractivity (Wildman–Crippen MR) is 110 cm³/mol. The van der Waals surface area contributed by atoms with Crippen molar-refractivity contribution < 1.29 is 19.1 Å². The molecule has 148 valence electrons. The number of aliphatic hydroxyl groups is 1. The molecule has 0 spiro atoms. The quantitative estimate of drug-likeness (QED) is 0.626. The van der Waals surface area contributed by atoms with Crippen LogP contribution in [0.4, 0.5) is 5.13 Å². The minimum Gasteiger partial charge on any atom is -0.503 e. The van der Waals surface area contributed by atoms with E-state index < -0.39 is 23.5 Å². The molecule has 0 saturated heterocycles. The first-order valence-corrected chi connectivity index (χ1v) is 10.0. The zero-order chi connectivity index (χ0) is 20.8. The standard InChI is InChI=1S/C22H20N2O4S/c1-22(2,3)14-8-6-13(7-9-14)17-16(18(25)15-5-4-11-28-15)19(26)20(27)24(17)21-23-10-12-29-21/h4-12,17,26H,1-3H3. The van der Waals surface area contributed by atoms with Gasteiger partial charge in [0.2, 0.25) is 5.78 Å². The van der Waals surface area contributed by atoms with Crippen LogP contribution in [0.2, 0.25) is 0 Å². The molecule has 7 heteroatoms. The molecule has 0 radical (unpaired) electrons. The van der Waals surface area contributed by atoms with Gasteiger partial charge in [0.05, 0.1) is 17.9 Å². The number of thiazole rings is 1. The van der Waals surface area contributed by atoms with Gasteiger partial charge in [0, 0.05) is 11.6 Å². The third kappa shape index (κ3) is 3.27. The summed E-state index contributed by atoms with van der Waals surface area (Å²) >= 11 is 1.26. The highest BCUT2D eigenvalue weighted by Crippen LogP contribution is 2.42. The van der Waals surface area contributed by atoms with Crippen LogP contribution in [0.3, 0.4) is 0 Å². The second kappa shape index (κ2) is 7.00. The number of amides is 1. The molecule has 1 aliphatic rings. The second-order valence-corrected chi connectivity index (χ2v) is 8.71. The average molecular weight is 408 g/mol. The molecule has 1 atom stereocenters. The molecular formula is C22H20N2O4S. The summed E-state index contributed by atoms with van der Waals surface area (Å²) in [6, 6.07) is 10.0. The van der Waals surface area contributed by atoms with Crippen LogP contribution in [0.15, 0.2) is 70.0 Å². The molecule has 1 unspecified atom stereocenters. The van der Waals surface area contributed by atoms with Crippen molar-refractivity contribution in [3.8, 4) is 0 Å². The van der Waals surface area contributed by atoms with E-state index in [1.54, 1.807) is 17.6 Å². The van der Waals surface area contributed by atoms with E-state index in [9.17, 15) is 14.7 Å². The van der Waals surface area contributed by atoms with Gasteiger partial charge in [-0.1, -0.05) is 45.0 Å². The number of hydrogen-bond acceptors (Lipinski definition) is 6. The number of aliphatic hydroxyl groups excluding tert-OH is 1. The van der Waals surface area contributed by atoms with Crippen molar-refractivity contribution in [2.45, 2.75) is 32.2 Å². The normalized spacial score (nSPS) is 17.3. The summed E-state index contributed by atoms with van der Waals surface area (Å²) in [6.07, 6.45) is 2.96. The van der Waals surface area contributed by atoms with Crippen molar-refractivity contribution >= 4 is 28.2 Å². The molecular weight excluding hydrogens is 388 g/mol. The summed E-state index contributed by atoms with van der Waals surface area (Å²) in [5, 5.41) is 12.8. The first-order valence-electron chi connectivity index (χ1n) is 9.14. The Morgan fingerprint density at radius 2 is 1.93 bits per heavy atom. The van der Waals surface area contributed by atoms with Crippen LogP contribution < -0.4 is 4.90 Å². The topological polar surface area (TPSA) is 83.6 Å². The lowest BCUT2D eigenvalue weighted by molar-refractivity contribution is -0.117. The number of hydrogen-bond donors (Lipinski definition) is 1. The summed E-state index contributed by atoms with van der Waals surface area (Å²) in [7, 11) is 0. The van der Waals surface area contributed by atoms with E-state index in [0.717, 1.165) is 5.56 Å². The Kier molecular flexibility index (Phi) is 4.62. The molecule has 3 heterocycles. The van der Waals surface area contributed by atoms with Gasteiger partial charge in [-0.3, -0.25) is 14.5 Å². The maximum absolute atomic E-state index is 13.1. The molecule has 0 fully saturated rings. The molecule has 4 rings (SSSR count). The number of benzene rings is 1. The zero-order valence-electron chi connectivity index (χ0n) is 16.2. The number of carbonyl (C=O) groups excluding carboxylic acids is 2. The van der Waals surface area contributed by atoms with Gasteiger partial charge in [0.25, 0.3) is 5.91 Å². The molecule has 0 bridgehead atoms. The fourth-order valence-electron chi connectivity index (χ4n) is 3.39. The van der Waals surface area contributed by atoms with Crippen molar-refractivity contribution in [3.63, 3.8) is 0 Å². The monoisotopic (exact) mass is 408 g/mol. The number of rotatable bonds is 4. The van der Waals surface area contributed by atoms with E-state index in [2.05, 4.69) is 25.8 Å². The number of carbonyl (C=O) groups is 2. The second-order valence-electron chi connectivity index (χ2n) is 7.83. The summed E-state index contributed by atoms with van der Waals surface area (Å²) in [5.41, 5.74) is 1.78. The average Bonchev–Trinajstić information content (AvgIpc) is 3.43. The molecule has 29 heavy (non-hydrogen) atoms. The fraction of sp³-hybridized carbons (Fsp3) is 0.227. The van der Waals surface area contributed by atoms with Crippen molar-refractivity contribution in [2.24, 2.45) is 0 Å². The predicted octanol–water partition coefficient (Wildman–Crippen LogP) is 4.82. The number of anilines is 1. The maximum atomic E-state index is 13.1. The molecule has 3 aromatic rings. The number of furan rings is 1. The smallest absolute Gasteiger partial charge is 0.296 e. The van der Waals surface area contributed by atoms with Gasteiger partial charge in [0.15, 0.2) is 16.7 Å². The fourth-order valence-corrected chi connectivity index (χ4v) is 4.06. The number of nitrogens with zero attached hydrogens (tertiary/aromatic N) is 2. The van der Waals surface area contributed by atoms with Crippen LogP contribution in [0.5, 0.6) is 0 Å². The Morgan fingerprint density at radius 1 is 1.21 bits per heavy atom. The van der Waals surface area contributed by atoms with Gasteiger partial charge in [0.1, 0.15) is 0 Å². The third-order valence-electron chi connectivity index (χ3n) is 4.92. The summed E-state index contributed by atoms with van der Waals surface area (Å²) < 4.78 is 5.23. The van der Waals surface area contributed by atoms with E-state index in [1.807, 2.05) is 24.3 Å². The maximum Gasteiger partial charge on any atom is 0.296 e. The summed E-state index contributed by atoms with van der Waals surface area (Å²) in [6.45, 7) is 6.34. The van der Waals surface area contributed by atoms with E-state index in [1.165, 1.54) is 28.6 Å². The zero-order valence-corrected chi connectivity index (χ0v) is 17.1. The van der Waals surface area contributed by atoms with Crippen LogP contribution in [0.25, 0.3) is 0 Å². The highest BCUT2D eigenvalue weighted by atomic mass is 32.1. The SMILES string of the molecule is CC(C)(C)c1ccc(C2C(C(=O)c3ccco3)=C(O)C(=O)N2c2nccs2)cc1. The minimum absolute atomic E-state index is 0.0105. The van der Waals surface area contributed by atoms with E-state index in [4.69, 9.17) is 4.42 Å². The van der Waals surface area contributed by atoms with Crippen LogP contribution >= 0.6 is 11.3 Å². The Morgan fingerprint density at radius 3 is 2.48 bits per heavy atom. The minimum atomic E-state index is -0.791. The van der Waals surface area contributed by atoms with Gasteiger partial charge in [-0.15, -0.1) is 11.3 Å². The van der Waals surface area contributed by atoms with E-state index in [-0.39, 0.29) is 16.7 Å². The van der Waals surface area contributed by atoms with Gasteiger partial charge in [-0.05, 0) is 28.7 Å². The third-order valence-corrected chi connectivity index (χ3v) is 5.69. The van der Waals surface area contributed by atoms with Crippen molar-refractivity contribution in [1.29, 1.82) is 0 Å². The van der Waals surface area contributed by atoms with Gasteiger partial charge in [-0.2, -0.15) is 0 Å². The Balaban J connectivity index is 1.84. The first kappa shape index (κ1) is 19.1. The van der Waals surface area contributed by atoms with Crippen LogP contribution in [-0.2, 0) is 10.2 Å². The lowest BCUT2D eigenvalue weighted by atomic mass is 9.85. The highest BCUT2D eigenvalue weighted by Gasteiger charge is 2.46. The Bertz CT molecular complexity index is 1080. The summed E-state index contributed by atoms with van der Waals surface area (Å²) in [4.78, 5) is 31.6. The Labute approximate surface area is 172 Å². The Hall–Kier alpha value is -3.19. The number of Topliss-reactive ketones (excluding diaryl/α,β-unsaturated/α-hetero) is 1. The molecule has 1 amide bonds. The molecule has 1 N–H and O–H groups in total. The molecule has 1 aromatic carbocycles. The van der Waals surface area contributed by atoms with Crippen LogP contribution in [0, 0.1) is 0 Å².